The van der Waals surface area contributed by atoms with E-state index in [-0.39, 0.29) is 0 Å². The van der Waals surface area contributed by atoms with Gasteiger partial charge in [-0.3, -0.25) is 4.98 Å². The fraction of sp³-hybridized carbons (Fsp3) is 0.286. The molecule has 0 fully saturated rings. The molecule has 0 saturated heterocycles. The number of nitrogens with zero attached hydrogens (tertiary/aromatic N) is 4. The molecule has 27 heavy (non-hydrogen) atoms. The van der Waals surface area contributed by atoms with Crippen molar-refractivity contribution in [3.05, 3.63) is 65.6 Å². The van der Waals surface area contributed by atoms with Crippen molar-refractivity contribution < 1.29 is 0 Å². The molecule has 134 valence electrons. The summed E-state index contributed by atoms with van der Waals surface area (Å²) in [6.07, 6.45) is 10.6. The summed E-state index contributed by atoms with van der Waals surface area (Å²) >= 11 is 1.61. The molecular weight excluding hydrogens is 354 g/mol. The number of aryl methyl sites for hydroxylation is 1. The molecule has 2 aliphatic carbocycles. The minimum atomic E-state index is 0.358. The molecule has 2 unspecified atom stereocenters. The molecule has 0 saturated carbocycles. The highest BCUT2D eigenvalue weighted by Crippen LogP contribution is 2.48. The zero-order valence-electron chi connectivity index (χ0n) is 14.8. The number of nitrogens with one attached hydrogen (secondary N) is 1. The summed E-state index contributed by atoms with van der Waals surface area (Å²) in [5, 5.41) is 9.35. The second-order valence-electron chi connectivity index (χ2n) is 7.44. The summed E-state index contributed by atoms with van der Waals surface area (Å²) in [5.41, 5.74) is 6.57. The number of hydrogen-bond donors (Lipinski definition) is 1. The SMILES string of the molecule is c1cncc(-c2cn3nc(NC4CC5CCCc6cccc4c65)sc3n2)c1. The third-order valence-electron chi connectivity index (χ3n) is 5.83. The number of fused-ring (bicyclic) bond motifs is 1. The summed E-state index contributed by atoms with van der Waals surface area (Å²) in [5.74, 6) is 0.712. The van der Waals surface area contributed by atoms with Gasteiger partial charge in [0.05, 0.1) is 17.9 Å². The molecule has 6 rings (SSSR count). The molecule has 6 heteroatoms. The predicted octanol–water partition coefficient (Wildman–Crippen LogP) is 4.83. The van der Waals surface area contributed by atoms with Gasteiger partial charge in [-0.25, -0.2) is 9.50 Å². The van der Waals surface area contributed by atoms with E-state index in [1.54, 1.807) is 28.7 Å². The summed E-state index contributed by atoms with van der Waals surface area (Å²) in [7, 11) is 0. The van der Waals surface area contributed by atoms with Crippen LogP contribution in [0.2, 0.25) is 0 Å². The van der Waals surface area contributed by atoms with Crippen LogP contribution in [-0.2, 0) is 6.42 Å². The number of hydrogen-bond acceptors (Lipinski definition) is 5. The number of imidazole rings is 1. The Morgan fingerprint density at radius 2 is 2.19 bits per heavy atom. The highest BCUT2D eigenvalue weighted by molar-refractivity contribution is 7.20. The number of aromatic nitrogens is 4. The van der Waals surface area contributed by atoms with Gasteiger partial charge in [-0.2, -0.15) is 0 Å². The van der Waals surface area contributed by atoms with Gasteiger partial charge in [-0.1, -0.05) is 29.5 Å². The summed E-state index contributed by atoms with van der Waals surface area (Å²) in [4.78, 5) is 9.80. The predicted molar refractivity (Wildman–Crippen MR) is 107 cm³/mol. The van der Waals surface area contributed by atoms with E-state index in [1.165, 1.54) is 31.2 Å². The minimum absolute atomic E-state index is 0.358. The van der Waals surface area contributed by atoms with Crippen LogP contribution >= 0.6 is 11.3 Å². The van der Waals surface area contributed by atoms with Gasteiger partial charge in [-0.15, -0.1) is 5.10 Å². The van der Waals surface area contributed by atoms with Gasteiger partial charge in [0.2, 0.25) is 10.1 Å². The zero-order chi connectivity index (χ0) is 17.8. The molecule has 3 aromatic heterocycles. The summed E-state index contributed by atoms with van der Waals surface area (Å²) < 4.78 is 1.87. The Bertz CT molecular complexity index is 1100. The van der Waals surface area contributed by atoms with E-state index in [0.717, 1.165) is 21.3 Å². The Morgan fingerprint density at radius 3 is 3.07 bits per heavy atom. The quantitative estimate of drug-likeness (QED) is 0.559. The van der Waals surface area contributed by atoms with Crippen LogP contribution in [-0.4, -0.2) is 19.6 Å². The fourth-order valence-electron chi connectivity index (χ4n) is 4.68. The summed E-state index contributed by atoms with van der Waals surface area (Å²) in [6.45, 7) is 0. The van der Waals surface area contributed by atoms with Crippen molar-refractivity contribution in [2.24, 2.45) is 0 Å². The van der Waals surface area contributed by atoms with Gasteiger partial charge < -0.3 is 5.32 Å². The van der Waals surface area contributed by atoms with Crippen LogP contribution < -0.4 is 5.32 Å². The normalized spacial score (nSPS) is 20.7. The van der Waals surface area contributed by atoms with Crippen molar-refractivity contribution in [3.8, 4) is 11.3 Å². The first-order chi connectivity index (χ1) is 13.3. The molecule has 1 aromatic carbocycles. The second kappa shape index (κ2) is 5.89. The standard InChI is InChI=1S/C21H19N5S/c1-4-13-5-2-8-16-17(10-14(6-1)19(13)16)23-20-25-26-12-18(24-21(26)27-20)15-7-3-9-22-11-15/h2-3,5,7-9,11-12,14,17H,1,4,6,10H2,(H,23,25). The third-order valence-corrected chi connectivity index (χ3v) is 6.68. The lowest BCUT2D eigenvalue weighted by atomic mass is 9.84. The van der Waals surface area contributed by atoms with E-state index in [2.05, 4.69) is 28.5 Å². The topological polar surface area (TPSA) is 55.1 Å². The molecule has 2 aliphatic rings. The van der Waals surface area contributed by atoms with Gasteiger partial charge in [0.15, 0.2) is 0 Å². The van der Waals surface area contributed by atoms with Gasteiger partial charge in [0.25, 0.3) is 0 Å². The average molecular weight is 373 g/mol. The lowest BCUT2D eigenvalue weighted by molar-refractivity contribution is 0.534. The molecule has 0 bridgehead atoms. The molecule has 2 atom stereocenters. The maximum atomic E-state index is 4.73. The van der Waals surface area contributed by atoms with E-state index >= 15 is 0 Å². The van der Waals surface area contributed by atoms with E-state index in [1.807, 2.05) is 29.0 Å². The molecule has 5 nitrogen and oxygen atoms in total. The second-order valence-corrected chi connectivity index (χ2v) is 8.40. The smallest absolute Gasteiger partial charge is 0.214 e. The van der Waals surface area contributed by atoms with Crippen LogP contribution in [0.1, 0.15) is 47.9 Å². The lowest BCUT2D eigenvalue weighted by Crippen LogP contribution is -2.07. The first-order valence-corrected chi connectivity index (χ1v) is 10.3. The Hall–Kier alpha value is -2.73. The average Bonchev–Trinajstić information content (AvgIpc) is 3.36. The van der Waals surface area contributed by atoms with Crippen LogP contribution in [0.3, 0.4) is 0 Å². The van der Waals surface area contributed by atoms with Crippen LogP contribution in [0.15, 0.2) is 48.9 Å². The van der Waals surface area contributed by atoms with Crippen LogP contribution in [0.25, 0.3) is 16.2 Å². The number of pyridine rings is 1. The Morgan fingerprint density at radius 1 is 1.19 bits per heavy atom. The molecule has 3 heterocycles. The highest BCUT2D eigenvalue weighted by atomic mass is 32.1. The number of benzene rings is 1. The van der Waals surface area contributed by atoms with E-state index in [4.69, 9.17) is 10.1 Å². The van der Waals surface area contributed by atoms with E-state index in [9.17, 15) is 0 Å². The van der Waals surface area contributed by atoms with Crippen molar-refractivity contribution in [1.29, 1.82) is 0 Å². The Balaban J connectivity index is 1.30. The van der Waals surface area contributed by atoms with Crippen molar-refractivity contribution in [1.82, 2.24) is 19.6 Å². The Kier molecular flexibility index (Phi) is 3.35. The number of rotatable bonds is 3. The van der Waals surface area contributed by atoms with Crippen molar-refractivity contribution in [2.75, 3.05) is 5.32 Å². The first kappa shape index (κ1) is 15.3. The molecule has 1 N–H and O–H groups in total. The van der Waals surface area contributed by atoms with Gasteiger partial charge >= 0.3 is 0 Å². The molecular formula is C21H19N5S. The monoisotopic (exact) mass is 373 g/mol. The van der Waals surface area contributed by atoms with E-state index in [0.29, 0.717) is 12.0 Å². The minimum Gasteiger partial charge on any atom is -0.353 e. The third kappa shape index (κ3) is 2.47. The highest BCUT2D eigenvalue weighted by Gasteiger charge is 2.34. The van der Waals surface area contributed by atoms with Gasteiger partial charge in [-0.05, 0) is 60.4 Å². The maximum absolute atomic E-state index is 4.73. The van der Waals surface area contributed by atoms with Crippen LogP contribution in [0.5, 0.6) is 0 Å². The van der Waals surface area contributed by atoms with Gasteiger partial charge in [0, 0.05) is 18.0 Å². The van der Waals surface area contributed by atoms with Crippen molar-refractivity contribution in [2.45, 2.75) is 37.6 Å². The van der Waals surface area contributed by atoms with Crippen molar-refractivity contribution in [3.63, 3.8) is 0 Å². The van der Waals surface area contributed by atoms with Crippen molar-refractivity contribution >= 4 is 21.4 Å². The van der Waals surface area contributed by atoms with Crippen LogP contribution in [0.4, 0.5) is 5.13 Å². The van der Waals surface area contributed by atoms with E-state index < -0.39 is 0 Å². The molecule has 0 amide bonds. The Labute approximate surface area is 161 Å². The van der Waals surface area contributed by atoms with Crippen LogP contribution in [0, 0.1) is 0 Å². The maximum Gasteiger partial charge on any atom is 0.214 e. The lowest BCUT2D eigenvalue weighted by Gasteiger charge is -2.20. The van der Waals surface area contributed by atoms with Gasteiger partial charge in [0.1, 0.15) is 0 Å². The fourth-order valence-corrected chi connectivity index (χ4v) is 5.51. The molecule has 0 radical (unpaired) electrons. The number of anilines is 1. The first-order valence-electron chi connectivity index (χ1n) is 9.50. The molecule has 4 aromatic rings. The molecule has 0 spiro atoms. The summed E-state index contributed by atoms with van der Waals surface area (Å²) in [6, 6.07) is 11.1. The zero-order valence-corrected chi connectivity index (χ0v) is 15.6. The largest absolute Gasteiger partial charge is 0.353 e. The molecule has 0 aliphatic heterocycles.